The zero-order valence-electron chi connectivity index (χ0n) is 22.5. The zero-order valence-corrected chi connectivity index (χ0v) is 22.5. The fourth-order valence-corrected chi connectivity index (χ4v) is 6.27. The summed E-state index contributed by atoms with van der Waals surface area (Å²) < 4.78 is 8.42. The van der Waals surface area contributed by atoms with Crippen LogP contribution in [0.2, 0.25) is 0 Å². The van der Waals surface area contributed by atoms with Crippen molar-refractivity contribution in [1.29, 1.82) is 0 Å². The fourth-order valence-electron chi connectivity index (χ4n) is 6.27. The smallest absolute Gasteiger partial charge is 0.169 e. The third kappa shape index (κ3) is 3.42. The number of hydrogen-bond donors (Lipinski definition) is 0. The van der Waals surface area contributed by atoms with Crippen LogP contribution in [0.25, 0.3) is 82.8 Å². The Kier molecular flexibility index (Phi) is 4.87. The standard InChI is InChI=1S/C38H23N3O/c1-2-9-27-22-28(21-16-24(27)8-1)34-23-41-37(39-40-38(41)33-12-4-3-10-30(33)34)26-19-17-25(18-20-26)29-13-7-14-32-31-11-5-6-15-35(31)42-36(29)32/h1-23H. The van der Waals surface area contributed by atoms with Crippen molar-refractivity contribution in [2.75, 3.05) is 0 Å². The second-order valence-electron chi connectivity index (χ2n) is 10.7. The maximum Gasteiger partial charge on any atom is 0.169 e. The van der Waals surface area contributed by atoms with Gasteiger partial charge in [-0.05, 0) is 39.4 Å². The second-order valence-corrected chi connectivity index (χ2v) is 10.7. The normalized spacial score (nSPS) is 11.8. The van der Waals surface area contributed by atoms with Crippen molar-refractivity contribution in [1.82, 2.24) is 14.6 Å². The number of hydrogen-bond acceptors (Lipinski definition) is 3. The summed E-state index contributed by atoms with van der Waals surface area (Å²) >= 11 is 0. The molecular formula is C38H23N3O. The van der Waals surface area contributed by atoms with Gasteiger partial charge in [0.05, 0.1) is 0 Å². The van der Waals surface area contributed by atoms with Gasteiger partial charge in [0.1, 0.15) is 11.2 Å². The lowest BCUT2D eigenvalue weighted by Gasteiger charge is -2.11. The van der Waals surface area contributed by atoms with Crippen molar-refractivity contribution in [3.63, 3.8) is 0 Å². The first kappa shape index (κ1) is 23.0. The summed E-state index contributed by atoms with van der Waals surface area (Å²) in [6.07, 6.45) is 2.18. The zero-order chi connectivity index (χ0) is 27.6. The Labute approximate surface area is 241 Å². The van der Waals surface area contributed by atoms with Crippen LogP contribution in [-0.4, -0.2) is 14.6 Å². The van der Waals surface area contributed by atoms with Gasteiger partial charge >= 0.3 is 0 Å². The number of nitrogens with zero attached hydrogens (tertiary/aromatic N) is 3. The molecule has 3 aromatic heterocycles. The number of furan rings is 1. The van der Waals surface area contributed by atoms with Crippen LogP contribution in [0.4, 0.5) is 0 Å². The Bertz CT molecular complexity index is 2470. The van der Waals surface area contributed by atoms with E-state index in [0.29, 0.717) is 0 Å². The molecule has 0 bridgehead atoms. The molecule has 0 saturated carbocycles. The molecule has 0 atom stereocenters. The highest BCUT2D eigenvalue weighted by Crippen LogP contribution is 2.37. The third-order valence-corrected chi connectivity index (χ3v) is 8.33. The Morgan fingerprint density at radius 3 is 2.05 bits per heavy atom. The van der Waals surface area contributed by atoms with Gasteiger partial charge in [-0.2, -0.15) is 0 Å². The predicted molar refractivity (Wildman–Crippen MR) is 172 cm³/mol. The van der Waals surface area contributed by atoms with Crippen LogP contribution in [0.3, 0.4) is 0 Å². The van der Waals surface area contributed by atoms with Crippen LogP contribution >= 0.6 is 0 Å². The van der Waals surface area contributed by atoms with Crippen LogP contribution in [0, 0.1) is 0 Å². The minimum atomic E-state index is 0.811. The van der Waals surface area contributed by atoms with Crippen molar-refractivity contribution in [2.45, 2.75) is 0 Å². The lowest BCUT2D eigenvalue weighted by molar-refractivity contribution is 0.670. The molecule has 9 rings (SSSR count). The first-order valence-electron chi connectivity index (χ1n) is 14.1. The molecule has 3 heterocycles. The first-order chi connectivity index (χ1) is 20.8. The molecule has 0 spiro atoms. The molecule has 0 amide bonds. The number of pyridine rings is 1. The quantitative estimate of drug-likeness (QED) is 0.225. The van der Waals surface area contributed by atoms with Crippen LogP contribution in [0.1, 0.15) is 0 Å². The van der Waals surface area contributed by atoms with Crippen LogP contribution in [0.15, 0.2) is 144 Å². The van der Waals surface area contributed by atoms with Crippen molar-refractivity contribution >= 4 is 49.1 Å². The summed E-state index contributed by atoms with van der Waals surface area (Å²) in [5, 5.41) is 16.3. The molecule has 0 radical (unpaired) electrons. The van der Waals surface area contributed by atoms with E-state index >= 15 is 0 Å². The van der Waals surface area contributed by atoms with Gasteiger partial charge in [-0.25, -0.2) is 0 Å². The number of benzene rings is 6. The van der Waals surface area contributed by atoms with Crippen molar-refractivity contribution in [3.8, 4) is 33.6 Å². The molecule has 6 aromatic carbocycles. The number of aromatic nitrogens is 3. The van der Waals surface area contributed by atoms with Crippen molar-refractivity contribution in [3.05, 3.63) is 140 Å². The molecule has 42 heavy (non-hydrogen) atoms. The molecular weight excluding hydrogens is 514 g/mol. The van der Waals surface area contributed by atoms with E-state index in [-0.39, 0.29) is 0 Å². The Balaban J connectivity index is 1.19. The highest BCUT2D eigenvalue weighted by atomic mass is 16.3. The molecule has 0 fully saturated rings. The van der Waals surface area contributed by atoms with Gasteiger partial charge in [0.15, 0.2) is 11.5 Å². The van der Waals surface area contributed by atoms with Crippen LogP contribution in [0.5, 0.6) is 0 Å². The van der Waals surface area contributed by atoms with E-state index < -0.39 is 0 Å². The van der Waals surface area contributed by atoms with Gasteiger partial charge < -0.3 is 4.42 Å². The van der Waals surface area contributed by atoms with E-state index in [4.69, 9.17) is 4.42 Å². The molecule has 196 valence electrons. The Morgan fingerprint density at radius 1 is 0.476 bits per heavy atom. The second kappa shape index (κ2) is 8.88. The van der Waals surface area contributed by atoms with Crippen LogP contribution in [-0.2, 0) is 0 Å². The maximum absolute atomic E-state index is 6.29. The topological polar surface area (TPSA) is 43.3 Å². The van der Waals surface area contributed by atoms with Crippen molar-refractivity contribution in [2.24, 2.45) is 0 Å². The molecule has 9 aromatic rings. The monoisotopic (exact) mass is 537 g/mol. The number of fused-ring (bicyclic) bond motifs is 7. The van der Waals surface area contributed by atoms with Gasteiger partial charge in [0, 0.05) is 39.0 Å². The summed E-state index contributed by atoms with van der Waals surface area (Å²) in [6.45, 7) is 0. The molecule has 0 N–H and O–H groups in total. The van der Waals surface area contributed by atoms with Gasteiger partial charge in [0.25, 0.3) is 0 Å². The minimum Gasteiger partial charge on any atom is -0.455 e. The highest BCUT2D eigenvalue weighted by molar-refractivity contribution is 6.09. The molecule has 0 unspecified atom stereocenters. The first-order valence-corrected chi connectivity index (χ1v) is 14.1. The van der Waals surface area contributed by atoms with E-state index in [1.54, 1.807) is 0 Å². The summed E-state index contributed by atoms with van der Waals surface area (Å²) in [4.78, 5) is 0. The van der Waals surface area contributed by atoms with Gasteiger partial charge in [-0.1, -0.05) is 121 Å². The Hall–Kier alpha value is -5.74. The molecule has 0 aliphatic rings. The lowest BCUT2D eigenvalue weighted by Crippen LogP contribution is -1.94. The van der Waals surface area contributed by atoms with E-state index in [0.717, 1.165) is 66.4 Å². The molecule has 4 heteroatoms. The molecule has 4 nitrogen and oxygen atoms in total. The SMILES string of the molecule is c1ccc2cc(-c3cn4c(-c5ccc(-c6cccc7c6oc6ccccc67)cc5)nnc4c4ccccc34)ccc2c1. The van der Waals surface area contributed by atoms with Gasteiger partial charge in [-0.3, -0.25) is 4.40 Å². The molecule has 0 aliphatic heterocycles. The summed E-state index contributed by atoms with van der Waals surface area (Å²) in [5.41, 5.74) is 8.15. The number of rotatable bonds is 3. The van der Waals surface area contributed by atoms with E-state index in [1.165, 1.54) is 16.3 Å². The minimum absolute atomic E-state index is 0.811. The largest absolute Gasteiger partial charge is 0.455 e. The van der Waals surface area contributed by atoms with E-state index in [9.17, 15) is 0 Å². The summed E-state index contributed by atoms with van der Waals surface area (Å²) in [6, 6.07) is 46.7. The third-order valence-electron chi connectivity index (χ3n) is 8.33. The molecule has 0 saturated heterocycles. The summed E-state index contributed by atoms with van der Waals surface area (Å²) in [7, 11) is 0. The van der Waals surface area contributed by atoms with Crippen LogP contribution < -0.4 is 0 Å². The number of para-hydroxylation sites is 2. The highest BCUT2D eigenvalue weighted by Gasteiger charge is 2.16. The predicted octanol–water partition coefficient (Wildman–Crippen LogP) is 9.94. The van der Waals surface area contributed by atoms with E-state index in [1.807, 2.05) is 12.1 Å². The maximum atomic E-state index is 6.29. The lowest BCUT2D eigenvalue weighted by atomic mass is 9.98. The van der Waals surface area contributed by atoms with Gasteiger partial charge in [0.2, 0.25) is 0 Å². The Morgan fingerprint density at radius 2 is 1.17 bits per heavy atom. The average molecular weight is 538 g/mol. The van der Waals surface area contributed by atoms with E-state index in [2.05, 4.69) is 142 Å². The van der Waals surface area contributed by atoms with Crippen molar-refractivity contribution < 1.29 is 4.42 Å². The fraction of sp³-hybridized carbons (Fsp3) is 0. The van der Waals surface area contributed by atoms with Gasteiger partial charge in [-0.15, -0.1) is 10.2 Å². The average Bonchev–Trinajstić information content (AvgIpc) is 3.66. The molecule has 0 aliphatic carbocycles. The summed E-state index contributed by atoms with van der Waals surface area (Å²) in [5.74, 6) is 0.811.